The largest absolute Gasteiger partial charge is 0.395 e. The highest BCUT2D eigenvalue weighted by molar-refractivity contribution is 5.89. The molecule has 0 aliphatic heterocycles. The first kappa shape index (κ1) is 24.9. The molecule has 180 valence electrons. The summed E-state index contributed by atoms with van der Waals surface area (Å²) in [6, 6.07) is 9.58. The van der Waals surface area contributed by atoms with Crippen molar-refractivity contribution in [3.63, 3.8) is 0 Å². The lowest BCUT2D eigenvalue weighted by atomic mass is 10.0. The van der Waals surface area contributed by atoms with E-state index >= 15 is 0 Å². The number of nitrogens with zero attached hydrogens (tertiary/aromatic N) is 5. The second-order valence-corrected chi connectivity index (χ2v) is 8.65. The molecular formula is C23H26F2N6O3. The monoisotopic (exact) mass is 472 g/mol. The minimum atomic E-state index is -1.13. The van der Waals surface area contributed by atoms with E-state index in [-0.39, 0.29) is 18.9 Å². The quantitative estimate of drug-likeness (QED) is 0.519. The number of nitrogens with one attached hydrogen (secondary N) is 1. The van der Waals surface area contributed by atoms with Crippen LogP contribution in [0, 0.1) is 11.6 Å². The number of hydrogen-bond donors (Lipinski definition) is 2. The number of rotatable bonds is 8. The maximum atomic E-state index is 13.5. The molecule has 0 unspecified atom stereocenters. The minimum absolute atomic E-state index is 0.155. The molecule has 9 nitrogen and oxygen atoms in total. The van der Waals surface area contributed by atoms with Crippen molar-refractivity contribution >= 4 is 11.8 Å². The van der Waals surface area contributed by atoms with E-state index in [2.05, 4.69) is 20.7 Å². The zero-order valence-electron chi connectivity index (χ0n) is 19.1. The zero-order chi connectivity index (χ0) is 24.9. The summed E-state index contributed by atoms with van der Waals surface area (Å²) in [5, 5.41) is 24.4. The van der Waals surface area contributed by atoms with Crippen molar-refractivity contribution in [2.45, 2.75) is 38.9 Å². The summed E-state index contributed by atoms with van der Waals surface area (Å²) in [4.78, 5) is 28.6. The lowest BCUT2D eigenvalue weighted by Gasteiger charge is -2.33. The fourth-order valence-corrected chi connectivity index (χ4v) is 3.30. The zero-order valence-corrected chi connectivity index (χ0v) is 19.1. The Hall–Kier alpha value is -3.73. The number of carbonyl (C=O) groups excluding carboxylic acids is 2. The van der Waals surface area contributed by atoms with Crippen LogP contribution in [0.3, 0.4) is 0 Å². The van der Waals surface area contributed by atoms with Crippen LogP contribution in [0.1, 0.15) is 32.4 Å². The topological polar surface area (TPSA) is 113 Å². The van der Waals surface area contributed by atoms with Crippen molar-refractivity contribution in [3.05, 3.63) is 65.7 Å². The molecule has 11 heteroatoms. The van der Waals surface area contributed by atoms with E-state index in [1.165, 1.54) is 53.4 Å². The number of aliphatic hydroxyl groups excluding tert-OH is 1. The predicted molar refractivity (Wildman–Crippen MR) is 119 cm³/mol. The number of aliphatic hydroxyl groups is 1. The molecule has 3 aromatic rings. The fraction of sp³-hybridized carbons (Fsp3) is 0.348. The molecule has 0 aliphatic rings. The van der Waals surface area contributed by atoms with E-state index in [0.717, 1.165) is 4.80 Å². The number of halogens is 2. The average Bonchev–Trinajstić information content (AvgIpc) is 3.22. The van der Waals surface area contributed by atoms with Gasteiger partial charge in [-0.3, -0.25) is 9.59 Å². The lowest BCUT2D eigenvalue weighted by molar-refractivity contribution is -0.142. The third-order valence-corrected chi connectivity index (χ3v) is 4.74. The molecule has 2 N–H and O–H groups in total. The van der Waals surface area contributed by atoms with Crippen LogP contribution in [0.4, 0.5) is 8.78 Å². The van der Waals surface area contributed by atoms with Gasteiger partial charge >= 0.3 is 0 Å². The lowest BCUT2D eigenvalue weighted by Crippen LogP contribution is -2.50. The van der Waals surface area contributed by atoms with Gasteiger partial charge in [0, 0.05) is 17.6 Å². The van der Waals surface area contributed by atoms with Crippen LogP contribution in [0.15, 0.2) is 48.5 Å². The second kappa shape index (κ2) is 10.5. The first-order valence-corrected chi connectivity index (χ1v) is 10.6. The molecule has 2 amide bonds. The first-order chi connectivity index (χ1) is 16.1. The van der Waals surface area contributed by atoms with Gasteiger partial charge in [-0.1, -0.05) is 12.1 Å². The highest BCUT2D eigenvalue weighted by Crippen LogP contribution is 2.23. The van der Waals surface area contributed by atoms with Gasteiger partial charge in [0.15, 0.2) is 0 Å². The smallest absolute Gasteiger partial charge is 0.247 e. The SMILES string of the molecule is CC(C)(C)NC(=O)[C@@H](c1ccc(F)cc1)N(CCO)C(=O)Cn1nnc(-c2ccc(F)cc2)n1. The molecule has 1 heterocycles. The highest BCUT2D eigenvalue weighted by Gasteiger charge is 2.33. The van der Waals surface area contributed by atoms with E-state index in [0.29, 0.717) is 11.1 Å². The molecule has 34 heavy (non-hydrogen) atoms. The van der Waals surface area contributed by atoms with Crippen LogP contribution in [0.5, 0.6) is 0 Å². The maximum Gasteiger partial charge on any atom is 0.247 e. The van der Waals surface area contributed by atoms with Gasteiger partial charge in [-0.05, 0) is 67.9 Å². The van der Waals surface area contributed by atoms with Gasteiger partial charge in [-0.15, -0.1) is 10.2 Å². The summed E-state index contributed by atoms with van der Waals surface area (Å²) >= 11 is 0. The van der Waals surface area contributed by atoms with Gasteiger partial charge in [0.25, 0.3) is 0 Å². The van der Waals surface area contributed by atoms with E-state index in [9.17, 15) is 23.5 Å². The van der Waals surface area contributed by atoms with Crippen LogP contribution in [-0.2, 0) is 16.1 Å². The first-order valence-electron chi connectivity index (χ1n) is 10.6. The van der Waals surface area contributed by atoms with Crippen molar-refractivity contribution in [2.75, 3.05) is 13.2 Å². The number of tetrazole rings is 1. The molecule has 0 radical (unpaired) electrons. The Balaban J connectivity index is 1.88. The van der Waals surface area contributed by atoms with Crippen molar-refractivity contribution in [1.29, 1.82) is 0 Å². The Kier molecular flexibility index (Phi) is 7.67. The van der Waals surface area contributed by atoms with Gasteiger partial charge in [0.1, 0.15) is 24.2 Å². The molecule has 0 spiro atoms. The Morgan fingerprint density at radius 3 is 2.21 bits per heavy atom. The van der Waals surface area contributed by atoms with E-state index < -0.39 is 41.6 Å². The summed E-state index contributed by atoms with van der Waals surface area (Å²) in [6.07, 6.45) is 0. The molecule has 3 rings (SSSR count). The number of carbonyl (C=O) groups is 2. The Bertz CT molecular complexity index is 1130. The summed E-state index contributed by atoms with van der Waals surface area (Å²) in [7, 11) is 0. The third-order valence-electron chi connectivity index (χ3n) is 4.74. The van der Waals surface area contributed by atoms with Crippen molar-refractivity contribution in [2.24, 2.45) is 0 Å². The summed E-state index contributed by atoms with van der Waals surface area (Å²) < 4.78 is 26.7. The maximum absolute atomic E-state index is 13.5. The minimum Gasteiger partial charge on any atom is -0.395 e. The molecule has 0 saturated heterocycles. The van der Waals surface area contributed by atoms with Gasteiger partial charge < -0.3 is 15.3 Å². The number of aromatic nitrogens is 4. The Labute approximate surface area is 195 Å². The molecule has 2 aromatic carbocycles. The molecule has 0 aliphatic carbocycles. The molecule has 1 aromatic heterocycles. The Morgan fingerprint density at radius 1 is 1.06 bits per heavy atom. The van der Waals surface area contributed by atoms with Crippen LogP contribution >= 0.6 is 0 Å². The van der Waals surface area contributed by atoms with Gasteiger partial charge in [0.2, 0.25) is 17.6 Å². The van der Waals surface area contributed by atoms with Crippen molar-refractivity contribution in [1.82, 2.24) is 30.4 Å². The van der Waals surface area contributed by atoms with E-state index in [1.807, 2.05) is 0 Å². The molecule has 0 saturated carbocycles. The van der Waals surface area contributed by atoms with E-state index in [1.54, 1.807) is 20.8 Å². The standard InChI is InChI=1S/C23H26F2N6O3/c1-23(2,3)26-22(34)20(15-4-8-17(24)9-5-15)30(12-13-32)19(33)14-31-28-21(27-29-31)16-6-10-18(25)11-7-16/h4-11,20,32H,12-14H2,1-3H3,(H,26,34)/t20-/m1/s1. The second-order valence-electron chi connectivity index (χ2n) is 8.65. The van der Waals surface area contributed by atoms with Gasteiger partial charge in [-0.2, -0.15) is 4.80 Å². The number of hydrogen-bond acceptors (Lipinski definition) is 6. The number of amides is 2. The molecule has 0 fully saturated rings. The summed E-state index contributed by atoms with van der Waals surface area (Å²) in [5.74, 6) is -1.75. The van der Waals surface area contributed by atoms with E-state index in [4.69, 9.17) is 0 Å². The van der Waals surface area contributed by atoms with Crippen molar-refractivity contribution < 1.29 is 23.5 Å². The average molecular weight is 472 g/mol. The van der Waals surface area contributed by atoms with Crippen LogP contribution < -0.4 is 5.32 Å². The summed E-state index contributed by atoms with van der Waals surface area (Å²) in [5.41, 5.74) is 0.297. The number of benzene rings is 2. The Morgan fingerprint density at radius 2 is 1.65 bits per heavy atom. The third kappa shape index (κ3) is 6.41. The fourth-order valence-electron chi connectivity index (χ4n) is 3.30. The van der Waals surface area contributed by atoms with Crippen LogP contribution in [-0.4, -0.2) is 60.7 Å². The van der Waals surface area contributed by atoms with Crippen LogP contribution in [0.2, 0.25) is 0 Å². The van der Waals surface area contributed by atoms with Crippen LogP contribution in [0.25, 0.3) is 11.4 Å². The van der Waals surface area contributed by atoms with Gasteiger partial charge in [0.05, 0.1) is 6.61 Å². The molecular weight excluding hydrogens is 446 g/mol. The molecule has 1 atom stereocenters. The normalized spacial score (nSPS) is 12.3. The van der Waals surface area contributed by atoms with Crippen molar-refractivity contribution in [3.8, 4) is 11.4 Å². The van der Waals surface area contributed by atoms with Gasteiger partial charge in [-0.25, -0.2) is 8.78 Å². The predicted octanol–water partition coefficient (Wildman–Crippen LogP) is 2.10. The highest BCUT2D eigenvalue weighted by atomic mass is 19.1. The molecule has 0 bridgehead atoms. The summed E-state index contributed by atoms with van der Waals surface area (Å²) in [6.45, 7) is 4.45.